The summed E-state index contributed by atoms with van der Waals surface area (Å²) in [5, 5.41) is 0. The maximum atomic E-state index is 10.5. The van der Waals surface area contributed by atoms with E-state index in [9.17, 15) is 4.79 Å². The van der Waals surface area contributed by atoms with Crippen molar-refractivity contribution in [3.05, 3.63) is 41.5 Å². The molecule has 74 valence electrons. The van der Waals surface area contributed by atoms with Crippen LogP contribution in [0.25, 0.3) is 0 Å². The molecule has 1 rings (SSSR count). The molecule has 0 aliphatic rings. The zero-order chi connectivity index (χ0) is 10.4. The minimum absolute atomic E-state index is 0.743. The van der Waals surface area contributed by atoms with Crippen molar-refractivity contribution in [3.8, 4) is 0 Å². The molecule has 1 nitrogen and oxygen atoms in total. The Kier molecular flexibility index (Phi) is 4.47. The highest BCUT2D eigenvalue weighted by atomic mass is 32.2. The van der Waals surface area contributed by atoms with Crippen LogP contribution < -0.4 is 0 Å². The first-order valence-corrected chi connectivity index (χ1v) is 5.52. The molecular formula is C12H14OS. The number of carbonyl (C=O) groups is 1. The van der Waals surface area contributed by atoms with Crippen LogP contribution >= 0.6 is 11.8 Å². The lowest BCUT2D eigenvalue weighted by Gasteiger charge is -1.99. The van der Waals surface area contributed by atoms with Gasteiger partial charge in [-0.2, -0.15) is 0 Å². The summed E-state index contributed by atoms with van der Waals surface area (Å²) in [5.41, 5.74) is 2.07. The molecule has 1 aromatic rings. The monoisotopic (exact) mass is 206 g/mol. The third-order valence-corrected chi connectivity index (χ3v) is 2.66. The largest absolute Gasteiger partial charge is 0.298 e. The van der Waals surface area contributed by atoms with Gasteiger partial charge in [0.2, 0.25) is 0 Å². The Morgan fingerprint density at radius 1 is 1.43 bits per heavy atom. The molecule has 0 heterocycles. The van der Waals surface area contributed by atoms with Crippen molar-refractivity contribution in [2.75, 3.05) is 5.75 Å². The summed E-state index contributed by atoms with van der Waals surface area (Å²) in [6, 6.07) is 7.67. The Labute approximate surface area is 89.2 Å². The van der Waals surface area contributed by atoms with Crippen molar-refractivity contribution >= 4 is 18.0 Å². The average molecular weight is 206 g/mol. The van der Waals surface area contributed by atoms with Gasteiger partial charge in [0, 0.05) is 16.2 Å². The number of aldehydes is 1. The summed E-state index contributed by atoms with van der Waals surface area (Å²) < 4.78 is 0. The Morgan fingerprint density at radius 3 is 2.86 bits per heavy atom. The van der Waals surface area contributed by atoms with E-state index < -0.39 is 0 Å². The van der Waals surface area contributed by atoms with Crippen LogP contribution in [-0.4, -0.2) is 12.0 Å². The lowest BCUT2D eigenvalue weighted by Crippen LogP contribution is -1.80. The predicted molar refractivity (Wildman–Crippen MR) is 62.0 cm³/mol. The van der Waals surface area contributed by atoms with Crippen molar-refractivity contribution in [3.63, 3.8) is 0 Å². The molecule has 0 bridgehead atoms. The second-order valence-corrected chi connectivity index (χ2v) is 4.38. The highest BCUT2D eigenvalue weighted by Crippen LogP contribution is 2.18. The van der Waals surface area contributed by atoms with E-state index in [-0.39, 0.29) is 0 Å². The lowest BCUT2D eigenvalue weighted by molar-refractivity contribution is 0.112. The van der Waals surface area contributed by atoms with Crippen molar-refractivity contribution in [2.45, 2.75) is 18.7 Å². The van der Waals surface area contributed by atoms with E-state index in [1.807, 2.05) is 24.3 Å². The van der Waals surface area contributed by atoms with Crippen LogP contribution in [-0.2, 0) is 0 Å². The van der Waals surface area contributed by atoms with E-state index in [1.165, 1.54) is 5.57 Å². The molecular weight excluding hydrogens is 192 g/mol. The Balaban J connectivity index is 2.58. The SMILES string of the molecule is CC(C)=CCSc1cccc(C=O)c1. The molecule has 1 aromatic carbocycles. The first kappa shape index (κ1) is 11.1. The highest BCUT2D eigenvalue weighted by molar-refractivity contribution is 7.99. The number of hydrogen-bond acceptors (Lipinski definition) is 2. The number of thioether (sulfide) groups is 1. The predicted octanol–water partition coefficient (Wildman–Crippen LogP) is 3.56. The molecule has 2 heteroatoms. The second-order valence-electron chi connectivity index (χ2n) is 3.28. The van der Waals surface area contributed by atoms with Crippen LogP contribution in [0.5, 0.6) is 0 Å². The molecule has 0 saturated carbocycles. The summed E-state index contributed by atoms with van der Waals surface area (Å²) >= 11 is 1.74. The van der Waals surface area contributed by atoms with E-state index in [0.29, 0.717) is 0 Å². The fraction of sp³-hybridized carbons (Fsp3) is 0.250. The first-order chi connectivity index (χ1) is 6.72. The van der Waals surface area contributed by atoms with Crippen LogP contribution in [0.3, 0.4) is 0 Å². The van der Waals surface area contributed by atoms with Crippen molar-refractivity contribution < 1.29 is 4.79 Å². The Morgan fingerprint density at radius 2 is 2.21 bits per heavy atom. The van der Waals surface area contributed by atoms with Crippen molar-refractivity contribution in [1.82, 2.24) is 0 Å². The molecule has 0 radical (unpaired) electrons. The highest BCUT2D eigenvalue weighted by Gasteiger charge is 1.94. The summed E-state index contributed by atoms with van der Waals surface area (Å²) in [4.78, 5) is 11.7. The van der Waals surface area contributed by atoms with E-state index in [4.69, 9.17) is 0 Å². The average Bonchev–Trinajstić information content (AvgIpc) is 2.18. The van der Waals surface area contributed by atoms with Gasteiger partial charge in [-0.25, -0.2) is 0 Å². The number of hydrogen-bond donors (Lipinski definition) is 0. The van der Waals surface area contributed by atoms with Gasteiger partial charge >= 0.3 is 0 Å². The number of rotatable bonds is 4. The minimum Gasteiger partial charge on any atom is -0.298 e. The number of carbonyl (C=O) groups excluding carboxylic acids is 1. The van der Waals surface area contributed by atoms with Crippen molar-refractivity contribution in [1.29, 1.82) is 0 Å². The van der Waals surface area contributed by atoms with Gasteiger partial charge in [-0.15, -0.1) is 11.8 Å². The van der Waals surface area contributed by atoms with Gasteiger partial charge in [0.05, 0.1) is 0 Å². The fourth-order valence-corrected chi connectivity index (χ4v) is 1.99. The molecule has 0 aromatic heterocycles. The molecule has 14 heavy (non-hydrogen) atoms. The summed E-state index contributed by atoms with van der Waals surface area (Å²) in [7, 11) is 0. The van der Waals surface area contributed by atoms with Gasteiger partial charge in [-0.05, 0) is 26.0 Å². The van der Waals surface area contributed by atoms with Gasteiger partial charge < -0.3 is 0 Å². The summed E-state index contributed by atoms with van der Waals surface area (Å²) in [5.74, 6) is 0.963. The molecule has 0 unspecified atom stereocenters. The second kappa shape index (κ2) is 5.66. The van der Waals surface area contributed by atoms with Gasteiger partial charge in [-0.1, -0.05) is 23.8 Å². The van der Waals surface area contributed by atoms with Crippen LogP contribution in [0.15, 0.2) is 40.8 Å². The van der Waals surface area contributed by atoms with Gasteiger partial charge in [0.25, 0.3) is 0 Å². The topological polar surface area (TPSA) is 17.1 Å². The maximum absolute atomic E-state index is 10.5. The standard InChI is InChI=1S/C12H14OS/c1-10(2)6-7-14-12-5-3-4-11(8-12)9-13/h3-6,8-9H,7H2,1-2H3. The maximum Gasteiger partial charge on any atom is 0.150 e. The molecule has 0 saturated heterocycles. The van der Waals surface area contributed by atoms with E-state index in [2.05, 4.69) is 19.9 Å². The Hall–Kier alpha value is -1.02. The zero-order valence-corrected chi connectivity index (χ0v) is 9.30. The first-order valence-electron chi connectivity index (χ1n) is 4.54. The van der Waals surface area contributed by atoms with Crippen LogP contribution in [0.4, 0.5) is 0 Å². The molecule has 0 aliphatic heterocycles. The van der Waals surface area contributed by atoms with Crippen LogP contribution in [0, 0.1) is 0 Å². The summed E-state index contributed by atoms with van der Waals surface area (Å²) in [6.45, 7) is 4.17. The number of allylic oxidation sites excluding steroid dienone is 1. The minimum atomic E-state index is 0.743. The molecule has 0 N–H and O–H groups in total. The quantitative estimate of drug-likeness (QED) is 0.425. The van der Waals surface area contributed by atoms with Gasteiger partial charge in [0.1, 0.15) is 6.29 Å². The third-order valence-electron chi connectivity index (χ3n) is 1.74. The van der Waals surface area contributed by atoms with E-state index in [0.717, 1.165) is 22.5 Å². The van der Waals surface area contributed by atoms with Crippen molar-refractivity contribution in [2.24, 2.45) is 0 Å². The Bertz CT molecular complexity index is 338. The molecule has 0 amide bonds. The van der Waals surface area contributed by atoms with E-state index >= 15 is 0 Å². The molecule has 0 spiro atoms. The zero-order valence-electron chi connectivity index (χ0n) is 8.49. The fourth-order valence-electron chi connectivity index (χ4n) is 0.982. The van der Waals surface area contributed by atoms with Gasteiger partial charge in [-0.3, -0.25) is 4.79 Å². The number of benzene rings is 1. The lowest BCUT2D eigenvalue weighted by atomic mass is 10.2. The third kappa shape index (κ3) is 3.79. The normalized spacial score (nSPS) is 9.57. The smallest absolute Gasteiger partial charge is 0.150 e. The van der Waals surface area contributed by atoms with Crippen LogP contribution in [0.1, 0.15) is 24.2 Å². The van der Waals surface area contributed by atoms with E-state index in [1.54, 1.807) is 11.8 Å². The van der Waals surface area contributed by atoms with Crippen LogP contribution in [0.2, 0.25) is 0 Å². The summed E-state index contributed by atoms with van der Waals surface area (Å²) in [6.07, 6.45) is 3.06. The van der Waals surface area contributed by atoms with Gasteiger partial charge in [0.15, 0.2) is 0 Å². The molecule has 0 atom stereocenters. The molecule has 0 fully saturated rings. The molecule has 0 aliphatic carbocycles.